The molecule has 256 valence electrons. The maximum absolute atomic E-state index is 13.8. The maximum atomic E-state index is 13.8. The normalized spacial score (nSPS) is 16.7. The van der Waals surface area contributed by atoms with Gasteiger partial charge in [0, 0.05) is 12.5 Å². The predicted octanol–water partition coefficient (Wildman–Crippen LogP) is 7.38. The van der Waals surface area contributed by atoms with Gasteiger partial charge in [-0.15, -0.1) is 0 Å². The molecule has 0 aliphatic rings. The van der Waals surface area contributed by atoms with Crippen LogP contribution in [0.1, 0.15) is 6.42 Å². The highest BCUT2D eigenvalue weighted by atomic mass is 19.4. The number of rotatable bonds is 13. The summed E-state index contributed by atoms with van der Waals surface area (Å²) < 4.78 is 311. The molecule has 0 aliphatic heterocycles. The van der Waals surface area contributed by atoms with Gasteiger partial charge < -0.3 is 9.84 Å². The average Bonchev–Trinajstić information content (AvgIpc) is 2.78. The maximum Gasteiger partial charge on any atom is 0.438 e. The highest BCUT2D eigenvalue weighted by Gasteiger charge is 3.00. The summed E-state index contributed by atoms with van der Waals surface area (Å²) in [5, 5.41) is 9.03. The van der Waals surface area contributed by atoms with Crippen molar-refractivity contribution in [1.82, 2.24) is 0 Å². The summed E-state index contributed by atoms with van der Waals surface area (Å²) in [4.78, 5) is 10.7. The molecule has 1 atom stereocenters. The number of aliphatic hydroxyl groups is 1. The van der Waals surface area contributed by atoms with Crippen molar-refractivity contribution in [3.05, 3.63) is 12.7 Å². The minimum Gasteiger partial charge on any atom is -0.460 e. The van der Waals surface area contributed by atoms with Crippen LogP contribution < -0.4 is 0 Å². The fourth-order valence-corrected chi connectivity index (χ4v) is 2.67. The quantitative estimate of drug-likeness (QED) is 0.124. The van der Waals surface area contributed by atoms with E-state index >= 15 is 0 Å². The van der Waals surface area contributed by atoms with Crippen molar-refractivity contribution in [2.45, 2.75) is 77.9 Å². The van der Waals surface area contributed by atoms with Crippen LogP contribution in [-0.2, 0) is 9.53 Å². The largest absolute Gasteiger partial charge is 0.460 e. The number of hydrogen-bond acceptors (Lipinski definition) is 3. The molecule has 26 heteroatoms. The lowest BCUT2D eigenvalue weighted by Crippen LogP contribution is -2.79. The van der Waals surface area contributed by atoms with Crippen LogP contribution in [0.3, 0.4) is 0 Å². The van der Waals surface area contributed by atoms with E-state index in [1.165, 1.54) is 0 Å². The molecular formula is C17H9F23O3. The Morgan fingerprint density at radius 3 is 1.12 bits per heavy atom. The molecule has 0 aromatic rings. The first-order chi connectivity index (χ1) is 18.3. The van der Waals surface area contributed by atoms with E-state index in [2.05, 4.69) is 11.3 Å². The molecule has 1 unspecified atom stereocenters. The van der Waals surface area contributed by atoms with E-state index < -0.39 is 90.5 Å². The second kappa shape index (κ2) is 10.9. The lowest BCUT2D eigenvalue weighted by atomic mass is 9.82. The lowest BCUT2D eigenvalue weighted by molar-refractivity contribution is -0.481. The van der Waals surface area contributed by atoms with Gasteiger partial charge in [-0.1, -0.05) is 6.58 Å². The first-order valence-electron chi connectivity index (χ1n) is 9.67. The molecule has 0 aromatic heterocycles. The molecule has 0 aromatic carbocycles. The van der Waals surface area contributed by atoms with Gasteiger partial charge in [0.25, 0.3) is 0 Å². The Bertz CT molecular complexity index is 1010. The number of halogens is 23. The summed E-state index contributed by atoms with van der Waals surface area (Å²) >= 11 is 0. The Hall–Kier alpha value is -2.44. The molecule has 0 saturated heterocycles. The Kier molecular flexibility index (Phi) is 10.3. The van der Waals surface area contributed by atoms with Crippen LogP contribution in [0.2, 0.25) is 0 Å². The van der Waals surface area contributed by atoms with Gasteiger partial charge in [0.05, 0.1) is 6.10 Å². The molecule has 0 amide bonds. The third-order valence-corrected chi connectivity index (χ3v) is 5.12. The van der Waals surface area contributed by atoms with Gasteiger partial charge in [0.15, 0.2) is 0 Å². The molecule has 0 saturated carbocycles. The first kappa shape index (κ1) is 40.6. The van der Waals surface area contributed by atoms with Gasteiger partial charge in [-0.2, -0.15) is 96.6 Å². The van der Waals surface area contributed by atoms with E-state index in [9.17, 15) is 106 Å². The summed E-state index contributed by atoms with van der Waals surface area (Å²) in [6, 6.07) is 0. The molecule has 0 bridgehead atoms. The number of alkyl halides is 23. The molecule has 0 spiro atoms. The van der Waals surface area contributed by atoms with Crippen molar-refractivity contribution in [3.8, 4) is 0 Å². The van der Waals surface area contributed by atoms with Gasteiger partial charge >= 0.3 is 71.4 Å². The standard InChI is InChI=1S/C17H9F23O3/c1-2-6(42)43-4-5(41)3-7(18,19)9(21,22)11(25,26)13(29,30)15(33,34)14(31,32)12(27,28)10(23,24)8(20,16(35,36)37)17(38,39)40/h2,5,41H,1,3-4H2. The van der Waals surface area contributed by atoms with Crippen molar-refractivity contribution in [2.75, 3.05) is 6.61 Å². The molecule has 43 heavy (non-hydrogen) atoms. The van der Waals surface area contributed by atoms with Gasteiger partial charge in [-0.25, -0.2) is 9.18 Å². The summed E-state index contributed by atoms with van der Waals surface area (Å²) in [7, 11) is 0. The molecular weight excluding hydrogens is 689 g/mol. The van der Waals surface area contributed by atoms with Gasteiger partial charge in [0.1, 0.15) is 6.61 Å². The number of hydrogen-bond donors (Lipinski definition) is 1. The fraction of sp³-hybridized carbons (Fsp3) is 0.824. The minimum atomic E-state index is -9.55. The fourth-order valence-electron chi connectivity index (χ4n) is 2.67. The van der Waals surface area contributed by atoms with E-state index in [1.54, 1.807) is 0 Å². The molecule has 1 N–H and O–H groups in total. The number of carbonyl (C=O) groups is 1. The van der Waals surface area contributed by atoms with Gasteiger partial charge in [0.2, 0.25) is 0 Å². The van der Waals surface area contributed by atoms with Crippen molar-refractivity contribution in [2.24, 2.45) is 0 Å². The first-order valence-corrected chi connectivity index (χ1v) is 9.67. The van der Waals surface area contributed by atoms with Crippen LogP contribution in [0.15, 0.2) is 12.7 Å². The second-order valence-corrected chi connectivity index (χ2v) is 8.07. The molecule has 3 nitrogen and oxygen atoms in total. The number of aliphatic hydroxyl groups excluding tert-OH is 1. The third-order valence-electron chi connectivity index (χ3n) is 5.12. The topological polar surface area (TPSA) is 46.5 Å². The molecule has 0 radical (unpaired) electrons. The zero-order chi connectivity index (χ0) is 35.5. The van der Waals surface area contributed by atoms with Crippen molar-refractivity contribution < 1.29 is 116 Å². The molecule has 0 heterocycles. The van der Waals surface area contributed by atoms with Crippen molar-refractivity contribution in [3.63, 3.8) is 0 Å². The van der Waals surface area contributed by atoms with Crippen LogP contribution in [-0.4, -0.2) is 89.2 Å². The average molecular weight is 698 g/mol. The Labute approximate surface area is 220 Å². The molecule has 0 aliphatic carbocycles. The van der Waals surface area contributed by atoms with Crippen LogP contribution in [0.4, 0.5) is 101 Å². The molecule has 0 fully saturated rings. The van der Waals surface area contributed by atoms with E-state index in [0.29, 0.717) is 0 Å². The van der Waals surface area contributed by atoms with Crippen LogP contribution in [0.25, 0.3) is 0 Å². The van der Waals surface area contributed by atoms with Gasteiger partial charge in [-0.3, -0.25) is 0 Å². The lowest BCUT2D eigenvalue weighted by Gasteiger charge is -2.46. The zero-order valence-corrected chi connectivity index (χ0v) is 19.2. The van der Waals surface area contributed by atoms with Crippen LogP contribution >= 0.6 is 0 Å². The summed E-state index contributed by atoms with van der Waals surface area (Å²) in [5.74, 6) is -73.2. The summed E-state index contributed by atoms with van der Waals surface area (Å²) in [6.07, 6.45) is -23.7. The van der Waals surface area contributed by atoms with Crippen LogP contribution in [0.5, 0.6) is 0 Å². The summed E-state index contributed by atoms with van der Waals surface area (Å²) in [6.45, 7) is 0.719. The Morgan fingerprint density at radius 2 is 0.837 bits per heavy atom. The second-order valence-electron chi connectivity index (χ2n) is 8.07. The Morgan fingerprint density at radius 1 is 0.558 bits per heavy atom. The van der Waals surface area contributed by atoms with E-state index in [0.717, 1.165) is 0 Å². The number of esters is 1. The highest BCUT2D eigenvalue weighted by molar-refractivity contribution is 5.81. The third kappa shape index (κ3) is 5.63. The number of ether oxygens (including phenoxy) is 1. The van der Waals surface area contributed by atoms with Gasteiger partial charge in [-0.05, 0) is 0 Å². The Balaban J connectivity index is 7.08. The summed E-state index contributed by atoms with van der Waals surface area (Å²) in [5.41, 5.74) is -9.07. The van der Waals surface area contributed by atoms with E-state index in [-0.39, 0.29) is 6.08 Å². The molecule has 0 rings (SSSR count). The smallest absolute Gasteiger partial charge is 0.438 e. The SMILES string of the molecule is C=CC(=O)OCC(O)CC(F)(F)C(F)(F)C(F)(F)C(F)(F)C(F)(F)C(F)(F)C(F)(F)C(F)(F)C(F)(C(F)(F)F)C(F)(F)F. The minimum absolute atomic E-state index is 0.173. The van der Waals surface area contributed by atoms with Crippen molar-refractivity contribution in [1.29, 1.82) is 0 Å². The van der Waals surface area contributed by atoms with E-state index in [1.807, 2.05) is 0 Å². The monoisotopic (exact) mass is 698 g/mol. The zero-order valence-electron chi connectivity index (χ0n) is 19.2. The predicted molar refractivity (Wildman–Crippen MR) is 87.3 cm³/mol. The van der Waals surface area contributed by atoms with Crippen molar-refractivity contribution >= 4 is 5.97 Å². The van der Waals surface area contributed by atoms with E-state index in [4.69, 9.17) is 5.11 Å². The number of carbonyl (C=O) groups excluding carboxylic acids is 1. The van der Waals surface area contributed by atoms with Crippen LogP contribution in [0, 0.1) is 0 Å². The highest BCUT2D eigenvalue weighted by Crippen LogP contribution is 2.67.